The molecule has 0 bridgehead atoms. The Morgan fingerprint density at radius 2 is 1.93 bits per heavy atom. The van der Waals surface area contributed by atoms with Crippen LogP contribution in [0.1, 0.15) is 22.5 Å². The van der Waals surface area contributed by atoms with E-state index in [1.807, 2.05) is 24.3 Å². The van der Waals surface area contributed by atoms with Crippen LogP contribution in [0.5, 0.6) is 5.75 Å². The second-order valence-corrected chi connectivity index (χ2v) is 6.66. The number of aryl methyl sites for hydroxylation is 2. The van der Waals surface area contributed by atoms with E-state index in [0.29, 0.717) is 35.7 Å². The molecule has 0 radical (unpaired) electrons. The van der Waals surface area contributed by atoms with Crippen LogP contribution in [0, 0.1) is 20.8 Å². The summed E-state index contributed by atoms with van der Waals surface area (Å²) in [6.45, 7) is 5.71. The molecular weight excluding hydrogens is 372 g/mol. The maximum absolute atomic E-state index is 12.3. The Morgan fingerprint density at radius 3 is 2.59 bits per heavy atom. The topological polar surface area (TPSA) is 114 Å². The van der Waals surface area contributed by atoms with Crippen molar-refractivity contribution >= 4 is 11.8 Å². The molecule has 2 amide bonds. The number of hydrogen-bond donors (Lipinski definition) is 3. The van der Waals surface area contributed by atoms with Crippen LogP contribution in [0.4, 0.5) is 10.6 Å². The van der Waals surface area contributed by atoms with E-state index in [2.05, 4.69) is 25.7 Å². The molecule has 0 aliphatic rings. The number of carbonyl (C=O) groups excluding carboxylic acids is 1. The van der Waals surface area contributed by atoms with Crippen molar-refractivity contribution in [3.8, 4) is 11.7 Å². The number of methoxy groups -OCH3 is 1. The Hall–Kier alpha value is -3.62. The number of anilines is 1. The molecule has 0 fully saturated rings. The van der Waals surface area contributed by atoms with E-state index in [4.69, 9.17) is 4.74 Å². The molecule has 152 valence electrons. The van der Waals surface area contributed by atoms with E-state index in [9.17, 15) is 9.59 Å². The number of carbonyl (C=O) groups is 1. The van der Waals surface area contributed by atoms with Crippen LogP contribution < -0.4 is 20.9 Å². The molecule has 3 aromatic rings. The lowest BCUT2D eigenvalue weighted by Gasteiger charge is -2.10. The fourth-order valence-electron chi connectivity index (χ4n) is 2.75. The van der Waals surface area contributed by atoms with Crippen LogP contribution in [0.15, 0.2) is 35.1 Å². The first-order valence-corrected chi connectivity index (χ1v) is 9.19. The van der Waals surface area contributed by atoms with E-state index in [1.54, 1.807) is 33.9 Å². The lowest BCUT2D eigenvalue weighted by molar-refractivity contribution is 0.252. The number of hydrogen-bond acceptors (Lipinski definition) is 5. The van der Waals surface area contributed by atoms with Crippen LogP contribution in [0.2, 0.25) is 0 Å². The lowest BCUT2D eigenvalue weighted by Crippen LogP contribution is -2.31. The summed E-state index contributed by atoms with van der Waals surface area (Å²) in [6.07, 6.45) is 0.682. The highest BCUT2D eigenvalue weighted by molar-refractivity contribution is 5.88. The van der Waals surface area contributed by atoms with Crippen molar-refractivity contribution in [1.29, 1.82) is 0 Å². The van der Waals surface area contributed by atoms with Crippen LogP contribution in [-0.2, 0) is 6.42 Å². The molecule has 3 rings (SSSR count). The highest BCUT2D eigenvalue weighted by Crippen LogP contribution is 2.14. The van der Waals surface area contributed by atoms with Crippen LogP contribution >= 0.6 is 0 Å². The molecule has 3 N–H and O–H groups in total. The molecular formula is C20H24N6O3. The zero-order chi connectivity index (χ0) is 21.0. The highest BCUT2D eigenvalue weighted by atomic mass is 16.5. The zero-order valence-corrected chi connectivity index (χ0v) is 16.9. The average Bonchev–Trinajstić information content (AvgIpc) is 3.06. The van der Waals surface area contributed by atoms with E-state index in [1.165, 1.54) is 4.68 Å². The number of urea groups is 1. The van der Waals surface area contributed by atoms with Gasteiger partial charge in [-0.1, -0.05) is 12.1 Å². The van der Waals surface area contributed by atoms with Gasteiger partial charge in [0.25, 0.3) is 5.56 Å². The largest absolute Gasteiger partial charge is 0.497 e. The molecule has 9 heteroatoms. The van der Waals surface area contributed by atoms with Gasteiger partial charge in [0.05, 0.1) is 12.8 Å². The second kappa shape index (κ2) is 8.59. The van der Waals surface area contributed by atoms with Crippen molar-refractivity contribution in [2.75, 3.05) is 19.0 Å². The smallest absolute Gasteiger partial charge is 0.320 e. The molecule has 2 aromatic heterocycles. The normalized spacial score (nSPS) is 10.6. The standard InChI is InChI=1S/C20H24N6O3/c1-12-11-17(26(25-12)19-22-14(3)13(2)18(27)24-19)23-20(28)21-10-9-15-5-7-16(29-4)8-6-15/h5-8,11H,9-10H2,1-4H3,(H2,21,23,28)(H,22,24,27). The zero-order valence-electron chi connectivity index (χ0n) is 16.9. The minimum absolute atomic E-state index is 0.240. The quantitative estimate of drug-likeness (QED) is 0.591. The van der Waals surface area contributed by atoms with Crippen LogP contribution in [-0.4, -0.2) is 39.4 Å². The molecule has 9 nitrogen and oxygen atoms in total. The molecule has 0 spiro atoms. The molecule has 1 aromatic carbocycles. The summed E-state index contributed by atoms with van der Waals surface area (Å²) in [6, 6.07) is 9.02. The van der Waals surface area contributed by atoms with Gasteiger partial charge in [-0.05, 0) is 44.9 Å². The number of ether oxygens (including phenoxy) is 1. The fraction of sp³-hybridized carbons (Fsp3) is 0.300. The lowest BCUT2D eigenvalue weighted by atomic mass is 10.1. The molecule has 0 saturated carbocycles. The van der Waals surface area contributed by atoms with Gasteiger partial charge in [-0.25, -0.2) is 9.78 Å². The summed E-state index contributed by atoms with van der Waals surface area (Å²) in [5.41, 5.74) is 2.68. The first kappa shape index (κ1) is 20.1. The van der Waals surface area contributed by atoms with E-state index >= 15 is 0 Å². The summed E-state index contributed by atoms with van der Waals surface area (Å²) < 4.78 is 6.54. The van der Waals surface area contributed by atoms with Gasteiger partial charge in [-0.15, -0.1) is 0 Å². The van der Waals surface area contributed by atoms with E-state index < -0.39 is 0 Å². The predicted molar refractivity (Wildman–Crippen MR) is 110 cm³/mol. The molecule has 2 heterocycles. The third-order valence-corrected chi connectivity index (χ3v) is 4.51. The van der Waals surface area contributed by atoms with Gasteiger partial charge in [0, 0.05) is 23.9 Å². The van der Waals surface area contributed by atoms with Crippen molar-refractivity contribution in [3.05, 3.63) is 63.2 Å². The van der Waals surface area contributed by atoms with Gasteiger partial charge in [0.2, 0.25) is 5.95 Å². The SMILES string of the molecule is COc1ccc(CCNC(=O)Nc2cc(C)nn2-c2nc(C)c(C)c(=O)[nH]2)cc1. The molecule has 0 aliphatic heterocycles. The number of aromatic nitrogens is 4. The fourth-order valence-corrected chi connectivity index (χ4v) is 2.75. The Morgan fingerprint density at radius 1 is 1.21 bits per heavy atom. The second-order valence-electron chi connectivity index (χ2n) is 6.66. The van der Waals surface area contributed by atoms with Crippen molar-refractivity contribution < 1.29 is 9.53 Å². The van der Waals surface area contributed by atoms with E-state index in [0.717, 1.165) is 11.3 Å². The Labute approximate surface area is 168 Å². The van der Waals surface area contributed by atoms with Crippen LogP contribution in [0.25, 0.3) is 5.95 Å². The number of nitrogens with zero attached hydrogens (tertiary/aromatic N) is 3. The summed E-state index contributed by atoms with van der Waals surface area (Å²) in [5.74, 6) is 1.46. The number of benzene rings is 1. The molecule has 0 unspecified atom stereocenters. The Balaban J connectivity index is 1.65. The van der Waals surface area contributed by atoms with Crippen molar-refractivity contribution in [3.63, 3.8) is 0 Å². The van der Waals surface area contributed by atoms with E-state index in [-0.39, 0.29) is 17.5 Å². The molecule has 29 heavy (non-hydrogen) atoms. The van der Waals surface area contributed by atoms with Gasteiger partial charge in [0.1, 0.15) is 11.6 Å². The van der Waals surface area contributed by atoms with Gasteiger partial charge in [-0.3, -0.25) is 15.1 Å². The summed E-state index contributed by atoms with van der Waals surface area (Å²) in [7, 11) is 1.62. The number of H-pyrrole nitrogens is 1. The number of nitrogens with one attached hydrogen (secondary N) is 3. The summed E-state index contributed by atoms with van der Waals surface area (Å²) >= 11 is 0. The summed E-state index contributed by atoms with van der Waals surface area (Å²) in [4.78, 5) is 31.4. The maximum Gasteiger partial charge on any atom is 0.320 e. The first-order chi connectivity index (χ1) is 13.9. The number of amides is 2. The first-order valence-electron chi connectivity index (χ1n) is 9.19. The highest BCUT2D eigenvalue weighted by Gasteiger charge is 2.14. The molecule has 0 saturated heterocycles. The predicted octanol–water partition coefficient (Wildman–Crippen LogP) is 2.25. The number of rotatable bonds is 6. The van der Waals surface area contributed by atoms with Gasteiger partial charge in [-0.2, -0.15) is 9.78 Å². The average molecular weight is 396 g/mol. The van der Waals surface area contributed by atoms with Crippen LogP contribution in [0.3, 0.4) is 0 Å². The summed E-state index contributed by atoms with van der Waals surface area (Å²) in [5, 5.41) is 9.89. The van der Waals surface area contributed by atoms with Gasteiger partial charge < -0.3 is 10.1 Å². The monoisotopic (exact) mass is 396 g/mol. The Bertz CT molecular complexity index is 1070. The minimum Gasteiger partial charge on any atom is -0.497 e. The van der Waals surface area contributed by atoms with Gasteiger partial charge in [0.15, 0.2) is 0 Å². The van der Waals surface area contributed by atoms with Crippen molar-refractivity contribution in [1.82, 2.24) is 25.1 Å². The Kier molecular flexibility index (Phi) is 5.96. The third-order valence-electron chi connectivity index (χ3n) is 4.51. The van der Waals surface area contributed by atoms with Gasteiger partial charge >= 0.3 is 6.03 Å². The third kappa shape index (κ3) is 4.81. The molecule has 0 aliphatic carbocycles. The minimum atomic E-state index is -0.370. The maximum atomic E-state index is 12.3. The number of aromatic amines is 1. The molecule has 0 atom stereocenters. The van der Waals surface area contributed by atoms with Crippen molar-refractivity contribution in [2.24, 2.45) is 0 Å². The van der Waals surface area contributed by atoms with Crippen molar-refractivity contribution in [2.45, 2.75) is 27.2 Å².